The SMILES string of the molecule is CC(C)(CC(=O)NC1CCc2cc(F)ccc2NC1=O)NC(=O)OC(C)(C)C. The Balaban J connectivity index is 1.93. The fourth-order valence-corrected chi connectivity index (χ4v) is 2.95. The number of ether oxygens (including phenoxy) is 1. The topological polar surface area (TPSA) is 96.5 Å². The Morgan fingerprint density at radius 1 is 1.25 bits per heavy atom. The molecule has 8 heteroatoms. The van der Waals surface area contributed by atoms with Crippen molar-refractivity contribution in [2.24, 2.45) is 0 Å². The first-order valence-electron chi connectivity index (χ1n) is 9.24. The van der Waals surface area contributed by atoms with Gasteiger partial charge >= 0.3 is 6.09 Å². The molecule has 3 N–H and O–H groups in total. The molecule has 0 bridgehead atoms. The molecule has 0 radical (unpaired) electrons. The first kappa shape index (κ1) is 21.7. The van der Waals surface area contributed by atoms with Gasteiger partial charge in [0.1, 0.15) is 17.5 Å². The highest BCUT2D eigenvalue weighted by Crippen LogP contribution is 2.23. The predicted octanol–water partition coefficient (Wildman–Crippen LogP) is 2.89. The molecule has 28 heavy (non-hydrogen) atoms. The van der Waals surface area contributed by atoms with Crippen molar-refractivity contribution in [3.8, 4) is 0 Å². The number of nitrogens with one attached hydrogen (secondary N) is 3. The van der Waals surface area contributed by atoms with E-state index in [9.17, 15) is 18.8 Å². The van der Waals surface area contributed by atoms with Crippen LogP contribution in [0.2, 0.25) is 0 Å². The number of fused-ring (bicyclic) bond motifs is 1. The number of aryl methyl sites for hydroxylation is 1. The molecule has 3 amide bonds. The Morgan fingerprint density at radius 2 is 1.93 bits per heavy atom. The Hall–Kier alpha value is -2.64. The Bertz CT molecular complexity index is 771. The molecule has 1 unspecified atom stereocenters. The molecule has 0 aromatic heterocycles. The average molecular weight is 393 g/mol. The minimum Gasteiger partial charge on any atom is -0.444 e. The minimum absolute atomic E-state index is 0.0302. The second-order valence-corrected chi connectivity index (χ2v) is 8.64. The Labute approximate surface area is 164 Å². The van der Waals surface area contributed by atoms with Gasteiger partial charge in [0.2, 0.25) is 11.8 Å². The number of rotatable bonds is 4. The quantitative estimate of drug-likeness (QED) is 0.733. The van der Waals surface area contributed by atoms with Crippen LogP contribution in [0.15, 0.2) is 18.2 Å². The van der Waals surface area contributed by atoms with Crippen molar-refractivity contribution in [2.45, 2.75) is 71.1 Å². The van der Waals surface area contributed by atoms with Gasteiger partial charge in [-0.3, -0.25) is 9.59 Å². The van der Waals surface area contributed by atoms with Crippen molar-refractivity contribution in [3.05, 3.63) is 29.6 Å². The van der Waals surface area contributed by atoms with E-state index in [2.05, 4.69) is 16.0 Å². The van der Waals surface area contributed by atoms with Crippen LogP contribution in [0.25, 0.3) is 0 Å². The predicted molar refractivity (Wildman–Crippen MR) is 103 cm³/mol. The van der Waals surface area contributed by atoms with E-state index in [1.54, 1.807) is 34.6 Å². The average Bonchev–Trinajstić information content (AvgIpc) is 2.63. The normalized spacial score (nSPS) is 17.1. The summed E-state index contributed by atoms with van der Waals surface area (Å²) in [6.45, 7) is 8.65. The first-order valence-corrected chi connectivity index (χ1v) is 9.24. The van der Waals surface area contributed by atoms with Crippen molar-refractivity contribution in [1.82, 2.24) is 10.6 Å². The molecular weight excluding hydrogens is 365 g/mol. The summed E-state index contributed by atoms with van der Waals surface area (Å²) in [5.41, 5.74) is -0.262. The number of amides is 3. The van der Waals surface area contributed by atoms with E-state index >= 15 is 0 Å². The second-order valence-electron chi connectivity index (χ2n) is 8.64. The molecule has 1 atom stereocenters. The maximum Gasteiger partial charge on any atom is 0.408 e. The second kappa shape index (κ2) is 8.16. The molecule has 1 aliphatic rings. The summed E-state index contributed by atoms with van der Waals surface area (Å²) in [5.74, 6) is -1.10. The van der Waals surface area contributed by atoms with E-state index < -0.39 is 23.3 Å². The molecule has 0 saturated heterocycles. The summed E-state index contributed by atoms with van der Waals surface area (Å²) < 4.78 is 18.6. The summed E-state index contributed by atoms with van der Waals surface area (Å²) in [6.07, 6.45) is 0.164. The van der Waals surface area contributed by atoms with Crippen LogP contribution in [0.1, 0.15) is 53.0 Å². The summed E-state index contributed by atoms with van der Waals surface area (Å²) in [6, 6.07) is 3.44. The molecule has 1 aromatic rings. The fourth-order valence-electron chi connectivity index (χ4n) is 2.95. The van der Waals surface area contributed by atoms with Gasteiger partial charge in [0.15, 0.2) is 0 Å². The Kier molecular flexibility index (Phi) is 6.31. The monoisotopic (exact) mass is 393 g/mol. The van der Waals surface area contributed by atoms with Crippen LogP contribution in [-0.2, 0) is 20.7 Å². The zero-order valence-electron chi connectivity index (χ0n) is 16.9. The maximum absolute atomic E-state index is 13.4. The van der Waals surface area contributed by atoms with Gasteiger partial charge in [0, 0.05) is 17.6 Å². The van der Waals surface area contributed by atoms with Crippen LogP contribution in [-0.4, -0.2) is 35.1 Å². The van der Waals surface area contributed by atoms with Crippen LogP contribution in [0, 0.1) is 5.82 Å². The van der Waals surface area contributed by atoms with Crippen LogP contribution in [0.3, 0.4) is 0 Å². The third-order valence-electron chi connectivity index (χ3n) is 4.12. The molecule has 154 valence electrons. The first-order chi connectivity index (χ1) is 12.8. The highest BCUT2D eigenvalue weighted by Gasteiger charge is 2.30. The van der Waals surface area contributed by atoms with Crippen LogP contribution < -0.4 is 16.0 Å². The van der Waals surface area contributed by atoms with Crippen molar-refractivity contribution in [1.29, 1.82) is 0 Å². The van der Waals surface area contributed by atoms with Gasteiger partial charge in [-0.15, -0.1) is 0 Å². The summed E-state index contributed by atoms with van der Waals surface area (Å²) in [7, 11) is 0. The molecule has 1 aliphatic heterocycles. The van der Waals surface area contributed by atoms with Crippen molar-refractivity contribution < 1.29 is 23.5 Å². The zero-order chi connectivity index (χ0) is 21.1. The molecule has 0 aliphatic carbocycles. The number of anilines is 1. The third-order valence-corrected chi connectivity index (χ3v) is 4.12. The van der Waals surface area contributed by atoms with Gasteiger partial charge < -0.3 is 20.7 Å². The molecule has 0 spiro atoms. The van der Waals surface area contributed by atoms with Crippen LogP contribution >= 0.6 is 0 Å². The lowest BCUT2D eigenvalue weighted by molar-refractivity contribution is -0.127. The van der Waals surface area contributed by atoms with Crippen molar-refractivity contribution in [2.75, 3.05) is 5.32 Å². The van der Waals surface area contributed by atoms with Crippen LogP contribution in [0.5, 0.6) is 0 Å². The van der Waals surface area contributed by atoms with Gasteiger partial charge in [0.05, 0.1) is 0 Å². The summed E-state index contributed by atoms with van der Waals surface area (Å²) in [5, 5.41) is 8.08. The van der Waals surface area contributed by atoms with E-state index in [-0.39, 0.29) is 24.1 Å². The van der Waals surface area contributed by atoms with E-state index in [1.807, 2.05) is 0 Å². The van der Waals surface area contributed by atoms with Gasteiger partial charge in [-0.2, -0.15) is 0 Å². The van der Waals surface area contributed by atoms with Crippen molar-refractivity contribution >= 4 is 23.6 Å². The van der Waals surface area contributed by atoms with E-state index in [0.29, 0.717) is 24.1 Å². The van der Waals surface area contributed by atoms with E-state index in [1.165, 1.54) is 18.2 Å². The molecule has 7 nitrogen and oxygen atoms in total. The molecule has 1 heterocycles. The standard InChI is InChI=1S/C20H28FN3O4/c1-19(2,3)28-18(27)24-20(4,5)11-16(25)22-15-8-6-12-10-13(21)7-9-14(12)23-17(15)26/h7,9-10,15H,6,8,11H2,1-5H3,(H,22,25)(H,23,26)(H,24,27). The largest absolute Gasteiger partial charge is 0.444 e. The van der Waals surface area contributed by atoms with Gasteiger partial charge in [-0.05, 0) is 71.2 Å². The van der Waals surface area contributed by atoms with E-state index in [0.717, 1.165) is 0 Å². The minimum atomic E-state index is -0.861. The lowest BCUT2D eigenvalue weighted by atomic mass is 9.99. The number of hydrogen-bond donors (Lipinski definition) is 3. The smallest absolute Gasteiger partial charge is 0.408 e. The molecule has 0 saturated carbocycles. The molecular formula is C20H28FN3O4. The number of carbonyl (C=O) groups excluding carboxylic acids is 3. The number of hydrogen-bond acceptors (Lipinski definition) is 4. The summed E-state index contributed by atoms with van der Waals surface area (Å²) in [4.78, 5) is 36.8. The maximum atomic E-state index is 13.4. The number of benzene rings is 1. The van der Waals surface area contributed by atoms with E-state index in [4.69, 9.17) is 4.74 Å². The van der Waals surface area contributed by atoms with Gasteiger partial charge in [-0.1, -0.05) is 0 Å². The highest BCUT2D eigenvalue weighted by atomic mass is 19.1. The number of carbonyl (C=O) groups is 3. The number of halogens is 1. The van der Waals surface area contributed by atoms with Crippen LogP contribution in [0.4, 0.5) is 14.9 Å². The summed E-state index contributed by atoms with van der Waals surface area (Å²) >= 11 is 0. The third kappa shape index (κ3) is 6.51. The highest BCUT2D eigenvalue weighted by molar-refractivity contribution is 5.98. The molecule has 0 fully saturated rings. The van der Waals surface area contributed by atoms with Gasteiger partial charge in [0.25, 0.3) is 0 Å². The molecule has 1 aromatic carbocycles. The zero-order valence-corrected chi connectivity index (χ0v) is 16.9. The van der Waals surface area contributed by atoms with Gasteiger partial charge in [-0.25, -0.2) is 9.18 Å². The fraction of sp³-hybridized carbons (Fsp3) is 0.550. The lowest BCUT2D eigenvalue weighted by Gasteiger charge is -2.28. The number of alkyl carbamates (subject to hydrolysis) is 1. The lowest BCUT2D eigenvalue weighted by Crippen LogP contribution is -2.51. The molecule has 2 rings (SSSR count). The Morgan fingerprint density at radius 3 is 2.57 bits per heavy atom. The van der Waals surface area contributed by atoms with Crippen molar-refractivity contribution in [3.63, 3.8) is 0 Å².